The third-order valence-electron chi connectivity index (χ3n) is 3.34. The van der Waals surface area contributed by atoms with Crippen molar-refractivity contribution in [1.29, 1.82) is 5.26 Å². The first kappa shape index (κ1) is 17.5. The number of hydrogen-bond donors (Lipinski definition) is 2. The van der Waals surface area contributed by atoms with Gasteiger partial charge in [0.25, 0.3) is 5.91 Å². The Bertz CT molecular complexity index is 782. The predicted molar refractivity (Wildman–Crippen MR) is 79.9 cm³/mol. The monoisotopic (exact) mass is 334 g/mol. The highest BCUT2D eigenvalue weighted by Crippen LogP contribution is 2.34. The number of carbonyl (C=O) groups is 1. The van der Waals surface area contributed by atoms with Crippen molar-refractivity contribution >= 4 is 5.91 Å². The minimum Gasteiger partial charge on any atom is -0.387 e. The van der Waals surface area contributed by atoms with E-state index >= 15 is 0 Å². The number of rotatable bonds is 4. The van der Waals surface area contributed by atoms with Crippen molar-refractivity contribution in [2.24, 2.45) is 0 Å². The zero-order valence-corrected chi connectivity index (χ0v) is 12.3. The van der Waals surface area contributed by atoms with Crippen LogP contribution in [0, 0.1) is 11.3 Å². The summed E-state index contributed by atoms with van der Waals surface area (Å²) in [4.78, 5) is 12.0. The van der Waals surface area contributed by atoms with E-state index in [2.05, 4.69) is 5.32 Å². The largest absolute Gasteiger partial charge is 0.416 e. The summed E-state index contributed by atoms with van der Waals surface area (Å²) in [5.74, 6) is -0.587. The average Bonchev–Trinajstić information content (AvgIpc) is 2.58. The molecule has 0 unspecified atom stereocenters. The maximum atomic E-state index is 12.9. The minimum absolute atomic E-state index is 0.186. The molecule has 2 aromatic rings. The Hall–Kier alpha value is -2.85. The molecule has 0 bridgehead atoms. The van der Waals surface area contributed by atoms with Crippen LogP contribution < -0.4 is 5.32 Å². The number of nitriles is 1. The summed E-state index contributed by atoms with van der Waals surface area (Å²) in [6.45, 7) is -0.386. The van der Waals surface area contributed by atoms with Crippen LogP contribution in [0.25, 0.3) is 0 Å². The van der Waals surface area contributed by atoms with Crippen molar-refractivity contribution in [3.8, 4) is 6.07 Å². The van der Waals surface area contributed by atoms with Crippen LogP contribution in [0.2, 0.25) is 0 Å². The zero-order valence-electron chi connectivity index (χ0n) is 12.3. The molecule has 2 rings (SSSR count). The van der Waals surface area contributed by atoms with E-state index in [0.29, 0.717) is 0 Å². The van der Waals surface area contributed by atoms with Gasteiger partial charge in [0.1, 0.15) is 0 Å². The van der Waals surface area contributed by atoms with E-state index in [1.54, 1.807) is 0 Å². The second-order valence-electron chi connectivity index (χ2n) is 5.00. The predicted octanol–water partition coefficient (Wildman–Crippen LogP) is 3.04. The topological polar surface area (TPSA) is 73.1 Å². The lowest BCUT2D eigenvalue weighted by molar-refractivity contribution is -0.139. The minimum atomic E-state index is -4.59. The molecule has 7 heteroatoms. The van der Waals surface area contributed by atoms with Crippen LogP contribution in [-0.4, -0.2) is 17.6 Å². The van der Waals surface area contributed by atoms with E-state index in [1.165, 1.54) is 36.4 Å². The highest BCUT2D eigenvalue weighted by Gasteiger charge is 2.34. The van der Waals surface area contributed by atoms with E-state index < -0.39 is 23.8 Å². The van der Waals surface area contributed by atoms with E-state index in [9.17, 15) is 23.1 Å². The number of hydrogen-bond acceptors (Lipinski definition) is 3. The number of benzene rings is 2. The number of aliphatic hydroxyl groups excluding tert-OH is 1. The number of nitrogens with one attached hydrogen (secondary N) is 1. The summed E-state index contributed by atoms with van der Waals surface area (Å²) >= 11 is 0. The molecule has 0 saturated carbocycles. The molecule has 1 atom stereocenters. The number of carbonyl (C=O) groups excluding carboxylic acids is 1. The number of nitrogens with zero attached hydrogens (tertiary/aromatic N) is 1. The quantitative estimate of drug-likeness (QED) is 0.903. The molecule has 24 heavy (non-hydrogen) atoms. The van der Waals surface area contributed by atoms with E-state index in [1.807, 2.05) is 6.07 Å². The van der Waals surface area contributed by atoms with Crippen molar-refractivity contribution in [2.45, 2.75) is 12.3 Å². The van der Waals surface area contributed by atoms with E-state index in [-0.39, 0.29) is 23.2 Å². The van der Waals surface area contributed by atoms with Crippen LogP contribution in [0.3, 0.4) is 0 Å². The second-order valence-corrected chi connectivity index (χ2v) is 5.00. The lowest BCUT2D eigenvalue weighted by Crippen LogP contribution is -2.29. The Morgan fingerprint density at radius 2 is 1.92 bits per heavy atom. The maximum absolute atomic E-state index is 12.9. The van der Waals surface area contributed by atoms with Gasteiger partial charge in [0.05, 0.1) is 23.3 Å². The van der Waals surface area contributed by atoms with Crippen molar-refractivity contribution in [3.63, 3.8) is 0 Å². The third-order valence-corrected chi connectivity index (χ3v) is 3.34. The van der Waals surface area contributed by atoms with Crippen molar-refractivity contribution < 1.29 is 23.1 Å². The summed E-state index contributed by atoms with van der Waals surface area (Å²) in [6, 6.07) is 12.4. The molecule has 124 valence electrons. The molecule has 0 aliphatic carbocycles. The zero-order chi connectivity index (χ0) is 17.7. The van der Waals surface area contributed by atoms with Crippen molar-refractivity contribution in [1.82, 2.24) is 5.32 Å². The van der Waals surface area contributed by atoms with Gasteiger partial charge in [-0.2, -0.15) is 18.4 Å². The Labute approximate surface area is 136 Å². The molecule has 0 aliphatic rings. The summed E-state index contributed by atoms with van der Waals surface area (Å²) < 4.78 is 38.8. The first-order valence-corrected chi connectivity index (χ1v) is 6.95. The van der Waals surface area contributed by atoms with Gasteiger partial charge in [-0.05, 0) is 29.8 Å². The van der Waals surface area contributed by atoms with Gasteiger partial charge in [-0.15, -0.1) is 0 Å². The van der Waals surface area contributed by atoms with Gasteiger partial charge in [-0.1, -0.05) is 24.3 Å². The van der Waals surface area contributed by atoms with Gasteiger partial charge in [0, 0.05) is 12.1 Å². The molecule has 0 spiro atoms. The smallest absolute Gasteiger partial charge is 0.387 e. The fourth-order valence-electron chi connectivity index (χ4n) is 2.18. The van der Waals surface area contributed by atoms with Gasteiger partial charge in [-0.3, -0.25) is 4.79 Å². The highest BCUT2D eigenvalue weighted by molar-refractivity contribution is 5.94. The third kappa shape index (κ3) is 4.12. The summed E-state index contributed by atoms with van der Waals surface area (Å²) in [5.41, 5.74) is -0.787. The van der Waals surface area contributed by atoms with Gasteiger partial charge in [-0.25, -0.2) is 0 Å². The summed E-state index contributed by atoms with van der Waals surface area (Å²) in [5, 5.41) is 21.1. The molecule has 0 aromatic heterocycles. The molecule has 0 radical (unpaired) electrons. The highest BCUT2D eigenvalue weighted by atomic mass is 19.4. The fourth-order valence-corrected chi connectivity index (χ4v) is 2.18. The number of amides is 1. The van der Waals surface area contributed by atoms with Crippen LogP contribution in [0.4, 0.5) is 13.2 Å². The normalized spacial score (nSPS) is 12.3. The lowest BCUT2D eigenvalue weighted by Gasteiger charge is -2.18. The van der Waals surface area contributed by atoms with Gasteiger partial charge in [0.2, 0.25) is 0 Å². The molecular formula is C17H13F3N2O2. The molecule has 2 N–H and O–H groups in total. The fraction of sp³-hybridized carbons (Fsp3) is 0.176. The molecule has 4 nitrogen and oxygen atoms in total. The molecule has 0 fully saturated rings. The number of aliphatic hydroxyl groups is 1. The van der Waals surface area contributed by atoms with Crippen molar-refractivity contribution in [3.05, 3.63) is 70.8 Å². The standard InChI is InChI=1S/C17H13F3N2O2/c18-17(19,20)14-7-2-1-6-13(14)15(23)10-22-16(24)12-5-3-4-11(8-12)9-21/h1-8,15,23H,10H2,(H,22,24)/t15-/m1/s1. The first-order valence-electron chi connectivity index (χ1n) is 6.95. The molecule has 0 heterocycles. The summed E-state index contributed by atoms with van der Waals surface area (Å²) in [7, 11) is 0. The Morgan fingerprint density at radius 1 is 1.21 bits per heavy atom. The first-order chi connectivity index (χ1) is 11.3. The van der Waals surface area contributed by atoms with Crippen molar-refractivity contribution in [2.75, 3.05) is 6.54 Å². The summed E-state index contributed by atoms with van der Waals surface area (Å²) in [6.07, 6.45) is -6.10. The van der Waals surface area contributed by atoms with E-state index in [4.69, 9.17) is 5.26 Å². The Balaban J connectivity index is 2.10. The van der Waals surface area contributed by atoms with Gasteiger partial charge in [0.15, 0.2) is 0 Å². The molecule has 1 amide bonds. The molecular weight excluding hydrogens is 321 g/mol. The Morgan fingerprint density at radius 3 is 2.58 bits per heavy atom. The van der Waals surface area contributed by atoms with Gasteiger partial charge < -0.3 is 10.4 Å². The second kappa shape index (κ2) is 7.15. The number of halogens is 3. The maximum Gasteiger partial charge on any atom is 0.416 e. The SMILES string of the molecule is N#Cc1cccc(C(=O)NC[C@@H](O)c2ccccc2C(F)(F)F)c1. The number of alkyl halides is 3. The average molecular weight is 334 g/mol. The van der Waals surface area contributed by atoms with Crippen LogP contribution in [0.15, 0.2) is 48.5 Å². The van der Waals surface area contributed by atoms with E-state index in [0.717, 1.165) is 12.1 Å². The van der Waals surface area contributed by atoms with Crippen LogP contribution in [0.1, 0.15) is 33.2 Å². The lowest BCUT2D eigenvalue weighted by atomic mass is 10.0. The van der Waals surface area contributed by atoms with Gasteiger partial charge >= 0.3 is 6.18 Å². The van der Waals surface area contributed by atoms with Crippen LogP contribution in [-0.2, 0) is 6.18 Å². The molecule has 0 aliphatic heterocycles. The van der Waals surface area contributed by atoms with Crippen LogP contribution in [0.5, 0.6) is 0 Å². The van der Waals surface area contributed by atoms with Crippen LogP contribution >= 0.6 is 0 Å². The molecule has 0 saturated heterocycles. The molecule has 2 aromatic carbocycles. The Kier molecular flexibility index (Phi) is 5.21.